The molecule has 0 bridgehead atoms. The number of hydrogen-bond donors (Lipinski definition) is 2. The van der Waals surface area contributed by atoms with Crippen LogP contribution >= 0.6 is 0 Å². The molecule has 2 saturated carbocycles. The number of rotatable bonds is 5. The van der Waals surface area contributed by atoms with Gasteiger partial charge in [0, 0.05) is 12.6 Å². The van der Waals surface area contributed by atoms with Crippen LogP contribution in [0.5, 0.6) is 0 Å². The quantitative estimate of drug-likeness (QED) is 0.645. The predicted octanol–water partition coefficient (Wildman–Crippen LogP) is 1.11. The molecule has 0 aromatic heterocycles. The van der Waals surface area contributed by atoms with Gasteiger partial charge in [-0.15, -0.1) is 0 Å². The molecule has 70 valence electrons. The normalized spacial score (nSPS) is 26.8. The van der Waals surface area contributed by atoms with E-state index < -0.39 is 0 Å². The standard InChI is InChI=1S/C10H20N2/c11-6-10(9-2-1-3-9)12-7-8-4-5-8/h8-10,12H,1-7,11H2. The highest BCUT2D eigenvalue weighted by molar-refractivity contribution is 4.85. The van der Waals surface area contributed by atoms with E-state index in [0.717, 1.165) is 18.4 Å². The van der Waals surface area contributed by atoms with Crippen LogP contribution in [-0.4, -0.2) is 19.1 Å². The molecule has 0 radical (unpaired) electrons. The Kier molecular flexibility index (Phi) is 2.66. The highest BCUT2D eigenvalue weighted by Gasteiger charge is 2.28. The predicted molar refractivity (Wildman–Crippen MR) is 50.9 cm³/mol. The van der Waals surface area contributed by atoms with Crippen molar-refractivity contribution < 1.29 is 0 Å². The van der Waals surface area contributed by atoms with Crippen LogP contribution in [0, 0.1) is 11.8 Å². The van der Waals surface area contributed by atoms with Crippen molar-refractivity contribution in [3.8, 4) is 0 Å². The van der Waals surface area contributed by atoms with Gasteiger partial charge < -0.3 is 11.1 Å². The van der Waals surface area contributed by atoms with Crippen molar-refractivity contribution in [1.82, 2.24) is 5.32 Å². The van der Waals surface area contributed by atoms with Crippen molar-refractivity contribution in [1.29, 1.82) is 0 Å². The molecular formula is C10H20N2. The molecular weight excluding hydrogens is 148 g/mol. The van der Waals surface area contributed by atoms with E-state index in [9.17, 15) is 0 Å². The van der Waals surface area contributed by atoms with Gasteiger partial charge in [0.1, 0.15) is 0 Å². The third kappa shape index (κ3) is 1.99. The van der Waals surface area contributed by atoms with Gasteiger partial charge in [0.15, 0.2) is 0 Å². The first-order valence-electron chi connectivity index (χ1n) is 5.33. The van der Waals surface area contributed by atoms with Crippen LogP contribution in [0.1, 0.15) is 32.1 Å². The molecule has 0 aromatic carbocycles. The minimum absolute atomic E-state index is 0.624. The minimum Gasteiger partial charge on any atom is -0.329 e. The van der Waals surface area contributed by atoms with Crippen LogP contribution in [0.15, 0.2) is 0 Å². The zero-order chi connectivity index (χ0) is 8.39. The lowest BCUT2D eigenvalue weighted by molar-refractivity contribution is 0.231. The number of nitrogens with one attached hydrogen (secondary N) is 1. The highest BCUT2D eigenvalue weighted by atomic mass is 14.9. The highest BCUT2D eigenvalue weighted by Crippen LogP contribution is 2.31. The van der Waals surface area contributed by atoms with Gasteiger partial charge in [-0.3, -0.25) is 0 Å². The zero-order valence-electron chi connectivity index (χ0n) is 7.76. The molecule has 0 spiro atoms. The molecule has 0 aromatic rings. The Bertz CT molecular complexity index is 139. The fourth-order valence-corrected chi connectivity index (χ4v) is 1.92. The topological polar surface area (TPSA) is 38.0 Å². The van der Waals surface area contributed by atoms with Crippen LogP contribution < -0.4 is 11.1 Å². The molecule has 1 unspecified atom stereocenters. The first-order valence-corrected chi connectivity index (χ1v) is 5.33. The first-order chi connectivity index (χ1) is 5.90. The van der Waals surface area contributed by atoms with E-state index in [4.69, 9.17) is 5.73 Å². The van der Waals surface area contributed by atoms with Crippen LogP contribution in [0.2, 0.25) is 0 Å². The molecule has 0 heterocycles. The monoisotopic (exact) mass is 168 g/mol. The van der Waals surface area contributed by atoms with E-state index in [1.165, 1.54) is 38.6 Å². The molecule has 2 fully saturated rings. The summed E-state index contributed by atoms with van der Waals surface area (Å²) in [6.07, 6.45) is 7.11. The lowest BCUT2D eigenvalue weighted by atomic mass is 9.79. The molecule has 2 rings (SSSR count). The van der Waals surface area contributed by atoms with E-state index in [-0.39, 0.29) is 0 Å². The average molecular weight is 168 g/mol. The molecule has 3 N–H and O–H groups in total. The average Bonchev–Trinajstić information content (AvgIpc) is 2.76. The van der Waals surface area contributed by atoms with Crippen LogP contribution in [0.3, 0.4) is 0 Å². The van der Waals surface area contributed by atoms with Gasteiger partial charge in [-0.05, 0) is 44.1 Å². The molecule has 2 aliphatic carbocycles. The summed E-state index contributed by atoms with van der Waals surface area (Å²) in [5.74, 6) is 1.88. The summed E-state index contributed by atoms with van der Waals surface area (Å²) in [5.41, 5.74) is 5.73. The van der Waals surface area contributed by atoms with Gasteiger partial charge in [-0.2, -0.15) is 0 Å². The second-order valence-electron chi connectivity index (χ2n) is 4.38. The van der Waals surface area contributed by atoms with Crippen molar-refractivity contribution in [3.05, 3.63) is 0 Å². The van der Waals surface area contributed by atoms with E-state index in [1.54, 1.807) is 0 Å². The van der Waals surface area contributed by atoms with Crippen molar-refractivity contribution in [2.45, 2.75) is 38.1 Å². The first kappa shape index (κ1) is 8.52. The van der Waals surface area contributed by atoms with E-state index in [0.29, 0.717) is 6.04 Å². The second-order valence-corrected chi connectivity index (χ2v) is 4.38. The fourth-order valence-electron chi connectivity index (χ4n) is 1.92. The number of nitrogens with two attached hydrogens (primary N) is 1. The molecule has 0 aliphatic heterocycles. The lowest BCUT2D eigenvalue weighted by Crippen LogP contribution is -2.45. The third-order valence-corrected chi connectivity index (χ3v) is 3.34. The largest absolute Gasteiger partial charge is 0.329 e. The van der Waals surface area contributed by atoms with Gasteiger partial charge >= 0.3 is 0 Å². The smallest absolute Gasteiger partial charge is 0.0218 e. The maximum absolute atomic E-state index is 5.73. The van der Waals surface area contributed by atoms with Gasteiger partial charge in [-0.25, -0.2) is 0 Å². The molecule has 2 nitrogen and oxygen atoms in total. The summed E-state index contributed by atoms with van der Waals surface area (Å²) >= 11 is 0. The molecule has 0 saturated heterocycles. The summed E-state index contributed by atoms with van der Waals surface area (Å²) < 4.78 is 0. The Morgan fingerprint density at radius 2 is 2.00 bits per heavy atom. The maximum Gasteiger partial charge on any atom is 0.0218 e. The van der Waals surface area contributed by atoms with Crippen molar-refractivity contribution in [3.63, 3.8) is 0 Å². The van der Waals surface area contributed by atoms with E-state index in [2.05, 4.69) is 5.32 Å². The zero-order valence-corrected chi connectivity index (χ0v) is 7.76. The Labute approximate surface area is 74.9 Å². The third-order valence-electron chi connectivity index (χ3n) is 3.34. The maximum atomic E-state index is 5.73. The van der Waals surface area contributed by atoms with Gasteiger partial charge in [0.05, 0.1) is 0 Å². The Morgan fingerprint density at radius 3 is 2.42 bits per heavy atom. The van der Waals surface area contributed by atoms with Crippen LogP contribution in [0.4, 0.5) is 0 Å². The molecule has 2 aliphatic rings. The number of hydrogen-bond acceptors (Lipinski definition) is 2. The van der Waals surface area contributed by atoms with E-state index >= 15 is 0 Å². The van der Waals surface area contributed by atoms with Crippen molar-refractivity contribution >= 4 is 0 Å². The molecule has 1 atom stereocenters. The summed E-state index contributed by atoms with van der Waals surface area (Å²) in [6, 6.07) is 0.624. The van der Waals surface area contributed by atoms with Crippen molar-refractivity contribution in [2.24, 2.45) is 17.6 Å². The summed E-state index contributed by atoms with van der Waals surface area (Å²) in [7, 11) is 0. The van der Waals surface area contributed by atoms with Crippen LogP contribution in [0.25, 0.3) is 0 Å². The van der Waals surface area contributed by atoms with Gasteiger partial charge in [0.25, 0.3) is 0 Å². The summed E-state index contributed by atoms with van der Waals surface area (Å²) in [5, 5.41) is 3.61. The fraction of sp³-hybridized carbons (Fsp3) is 1.00. The van der Waals surface area contributed by atoms with Gasteiger partial charge in [-0.1, -0.05) is 6.42 Å². The Morgan fingerprint density at radius 1 is 1.25 bits per heavy atom. The minimum atomic E-state index is 0.624. The Balaban J connectivity index is 1.65. The lowest BCUT2D eigenvalue weighted by Gasteiger charge is -2.33. The van der Waals surface area contributed by atoms with E-state index in [1.807, 2.05) is 0 Å². The summed E-state index contributed by atoms with van der Waals surface area (Å²) in [6.45, 7) is 2.05. The summed E-state index contributed by atoms with van der Waals surface area (Å²) in [4.78, 5) is 0. The second kappa shape index (κ2) is 3.75. The Hall–Kier alpha value is -0.0800. The van der Waals surface area contributed by atoms with Gasteiger partial charge in [0.2, 0.25) is 0 Å². The molecule has 12 heavy (non-hydrogen) atoms. The SMILES string of the molecule is NCC(NCC1CC1)C1CCC1. The molecule has 2 heteroatoms. The molecule has 0 amide bonds. The van der Waals surface area contributed by atoms with Crippen LogP contribution in [-0.2, 0) is 0 Å². The van der Waals surface area contributed by atoms with Crippen molar-refractivity contribution in [2.75, 3.05) is 13.1 Å².